The van der Waals surface area contributed by atoms with Crippen LogP contribution in [0.15, 0.2) is 68.7 Å². The van der Waals surface area contributed by atoms with Crippen LogP contribution in [-0.2, 0) is 4.79 Å². The van der Waals surface area contributed by atoms with Crippen molar-refractivity contribution in [1.82, 2.24) is 4.90 Å². The van der Waals surface area contributed by atoms with Gasteiger partial charge in [0.1, 0.15) is 11.3 Å². The second kappa shape index (κ2) is 6.31. The monoisotopic (exact) mass is 363 g/mol. The zero-order valence-corrected chi connectivity index (χ0v) is 14.6. The summed E-state index contributed by atoms with van der Waals surface area (Å²) in [6.45, 7) is 0. The van der Waals surface area contributed by atoms with Gasteiger partial charge in [0.25, 0.3) is 11.1 Å². The normalized spacial score (nSPS) is 16.0. The van der Waals surface area contributed by atoms with Crippen LogP contribution in [0.5, 0.6) is 0 Å². The summed E-state index contributed by atoms with van der Waals surface area (Å²) in [7, 11) is 1.46. The molecule has 3 aromatic rings. The van der Waals surface area contributed by atoms with Crippen LogP contribution in [0.2, 0.25) is 0 Å². The Balaban J connectivity index is 1.68. The molecule has 0 atom stereocenters. The van der Waals surface area contributed by atoms with E-state index in [2.05, 4.69) is 0 Å². The molecular weight excluding hydrogens is 350 g/mol. The Kier molecular flexibility index (Phi) is 3.97. The van der Waals surface area contributed by atoms with Crippen LogP contribution in [0.25, 0.3) is 28.4 Å². The van der Waals surface area contributed by atoms with Crippen molar-refractivity contribution in [2.45, 2.75) is 0 Å². The number of nitrogens with zero attached hydrogens (tertiary/aromatic N) is 1. The van der Waals surface area contributed by atoms with Gasteiger partial charge in [-0.25, -0.2) is 0 Å². The minimum absolute atomic E-state index is 0.0949. The third kappa shape index (κ3) is 2.84. The van der Waals surface area contributed by atoms with Crippen LogP contribution in [0, 0.1) is 0 Å². The smallest absolute Gasteiger partial charge is 0.293 e. The number of imide groups is 1. The molecule has 6 heteroatoms. The highest BCUT2D eigenvalue weighted by Gasteiger charge is 2.31. The quantitative estimate of drug-likeness (QED) is 0.641. The second-order valence-electron chi connectivity index (χ2n) is 5.83. The van der Waals surface area contributed by atoms with Gasteiger partial charge in [-0.3, -0.25) is 19.3 Å². The summed E-state index contributed by atoms with van der Waals surface area (Å²) in [5.41, 5.74) is 1.99. The van der Waals surface area contributed by atoms with Crippen molar-refractivity contribution in [2.24, 2.45) is 0 Å². The van der Waals surface area contributed by atoms with Crippen LogP contribution < -0.4 is 5.43 Å². The summed E-state index contributed by atoms with van der Waals surface area (Å²) in [6.07, 6.45) is 1.68. The molecule has 5 nitrogen and oxygen atoms in total. The van der Waals surface area contributed by atoms with E-state index < -0.39 is 0 Å². The van der Waals surface area contributed by atoms with Crippen molar-refractivity contribution < 1.29 is 14.0 Å². The molecule has 1 fully saturated rings. The van der Waals surface area contributed by atoms with E-state index in [-0.39, 0.29) is 16.6 Å². The molecule has 1 aromatic heterocycles. The summed E-state index contributed by atoms with van der Waals surface area (Å²) >= 11 is 0.919. The molecule has 0 spiro atoms. The molecule has 0 radical (unpaired) electrons. The molecule has 0 unspecified atom stereocenters. The van der Waals surface area contributed by atoms with E-state index in [1.54, 1.807) is 24.3 Å². The number of carbonyl (C=O) groups is 2. The Hall–Kier alpha value is -3.12. The van der Waals surface area contributed by atoms with Gasteiger partial charge in [-0.15, -0.1) is 0 Å². The van der Waals surface area contributed by atoms with E-state index in [9.17, 15) is 14.4 Å². The van der Waals surface area contributed by atoms with Crippen LogP contribution in [0.3, 0.4) is 0 Å². The molecule has 2 heterocycles. The molecule has 2 aromatic carbocycles. The molecule has 0 N–H and O–H groups in total. The largest absolute Gasteiger partial charge is 0.456 e. The third-order valence-corrected chi connectivity index (χ3v) is 5.08. The molecule has 1 aliphatic heterocycles. The Bertz CT molecular complexity index is 1130. The molecule has 0 saturated carbocycles. The van der Waals surface area contributed by atoms with Crippen LogP contribution >= 0.6 is 11.8 Å². The maximum atomic E-state index is 12.2. The van der Waals surface area contributed by atoms with E-state index >= 15 is 0 Å². The first-order valence-corrected chi connectivity index (χ1v) is 8.69. The van der Waals surface area contributed by atoms with Crippen molar-refractivity contribution in [3.05, 3.63) is 75.3 Å². The maximum absolute atomic E-state index is 12.2. The summed E-state index contributed by atoms with van der Waals surface area (Å²) in [4.78, 5) is 37.2. The third-order valence-electron chi connectivity index (χ3n) is 4.11. The van der Waals surface area contributed by atoms with Gasteiger partial charge in [0.05, 0.1) is 10.3 Å². The molecule has 128 valence electrons. The number of benzene rings is 2. The van der Waals surface area contributed by atoms with Crippen molar-refractivity contribution in [1.29, 1.82) is 0 Å². The first-order valence-electron chi connectivity index (χ1n) is 7.88. The second-order valence-corrected chi connectivity index (χ2v) is 6.83. The molecular formula is C20H13NO4S. The van der Waals surface area contributed by atoms with E-state index in [1.165, 1.54) is 13.1 Å². The zero-order valence-electron chi connectivity index (χ0n) is 13.8. The van der Waals surface area contributed by atoms with Gasteiger partial charge < -0.3 is 4.42 Å². The molecule has 1 aliphatic rings. The SMILES string of the molecule is CN1C(=O)S/C(=C\c2ccc(-c3cc(=O)c4ccccc4o3)cc2)C1=O. The van der Waals surface area contributed by atoms with Gasteiger partial charge in [-0.05, 0) is 35.5 Å². The number of hydrogen-bond donors (Lipinski definition) is 0. The number of rotatable bonds is 2. The lowest BCUT2D eigenvalue weighted by molar-refractivity contribution is -0.121. The zero-order chi connectivity index (χ0) is 18.3. The number of para-hydroxylation sites is 1. The topological polar surface area (TPSA) is 67.6 Å². The lowest BCUT2D eigenvalue weighted by Gasteiger charge is -2.04. The highest BCUT2D eigenvalue weighted by molar-refractivity contribution is 8.18. The first-order chi connectivity index (χ1) is 12.5. The number of thioether (sulfide) groups is 1. The predicted octanol–water partition coefficient (Wildman–Crippen LogP) is 4.13. The van der Waals surface area contributed by atoms with Crippen molar-refractivity contribution in [2.75, 3.05) is 7.05 Å². The summed E-state index contributed by atoms with van der Waals surface area (Å²) in [5, 5.41) is 0.263. The molecule has 1 saturated heterocycles. The lowest BCUT2D eigenvalue weighted by Crippen LogP contribution is -2.22. The number of amides is 2. The van der Waals surface area contributed by atoms with Crippen molar-refractivity contribution in [3.63, 3.8) is 0 Å². The minimum Gasteiger partial charge on any atom is -0.456 e. The average Bonchev–Trinajstić information content (AvgIpc) is 2.89. The van der Waals surface area contributed by atoms with Gasteiger partial charge in [-0.1, -0.05) is 36.4 Å². The minimum atomic E-state index is -0.301. The van der Waals surface area contributed by atoms with Gasteiger partial charge in [0.15, 0.2) is 5.43 Å². The van der Waals surface area contributed by atoms with Crippen molar-refractivity contribution in [3.8, 4) is 11.3 Å². The Morgan fingerprint density at radius 2 is 1.73 bits per heavy atom. The van der Waals surface area contributed by atoms with Crippen LogP contribution in [-0.4, -0.2) is 23.1 Å². The highest BCUT2D eigenvalue weighted by Crippen LogP contribution is 2.31. The Morgan fingerprint density at radius 1 is 1.00 bits per heavy atom. The standard InChI is InChI=1S/C20H13NO4S/c1-21-19(23)18(26-20(21)24)10-12-6-8-13(9-7-12)17-11-15(22)14-4-2-3-5-16(14)25-17/h2-11H,1H3/b18-10-. The van der Waals surface area contributed by atoms with Crippen molar-refractivity contribution >= 4 is 40.0 Å². The van der Waals surface area contributed by atoms with Gasteiger partial charge in [-0.2, -0.15) is 0 Å². The number of hydrogen-bond acceptors (Lipinski definition) is 5. The summed E-state index contributed by atoms with van der Waals surface area (Å²) in [6, 6.07) is 15.8. The van der Waals surface area contributed by atoms with E-state index in [0.29, 0.717) is 21.6 Å². The van der Waals surface area contributed by atoms with Gasteiger partial charge in [0, 0.05) is 18.7 Å². The van der Waals surface area contributed by atoms with Crippen LogP contribution in [0.4, 0.5) is 4.79 Å². The Morgan fingerprint density at radius 3 is 2.42 bits per heavy atom. The predicted molar refractivity (Wildman–Crippen MR) is 102 cm³/mol. The highest BCUT2D eigenvalue weighted by atomic mass is 32.2. The fraction of sp³-hybridized carbons (Fsp3) is 0.0500. The fourth-order valence-electron chi connectivity index (χ4n) is 2.69. The summed E-state index contributed by atoms with van der Waals surface area (Å²) in [5.74, 6) is 0.179. The van der Waals surface area contributed by atoms with Gasteiger partial charge in [0.2, 0.25) is 0 Å². The molecule has 2 amide bonds. The lowest BCUT2D eigenvalue weighted by atomic mass is 10.1. The van der Waals surface area contributed by atoms with E-state index in [0.717, 1.165) is 27.8 Å². The average molecular weight is 363 g/mol. The van der Waals surface area contributed by atoms with Gasteiger partial charge >= 0.3 is 0 Å². The maximum Gasteiger partial charge on any atom is 0.293 e. The summed E-state index contributed by atoms with van der Waals surface area (Å²) < 4.78 is 5.82. The molecule has 26 heavy (non-hydrogen) atoms. The molecule has 0 bridgehead atoms. The first kappa shape index (κ1) is 16.4. The number of likely N-dealkylation sites (N-methyl/N-ethyl adjacent to an activating group) is 1. The Labute approximate surface area is 152 Å². The fourth-order valence-corrected chi connectivity index (χ4v) is 3.51. The van der Waals surface area contributed by atoms with E-state index in [4.69, 9.17) is 4.42 Å². The van der Waals surface area contributed by atoms with E-state index in [1.807, 2.05) is 30.3 Å². The number of fused-ring (bicyclic) bond motifs is 1. The number of carbonyl (C=O) groups excluding carboxylic acids is 2. The molecule has 4 rings (SSSR count). The molecule has 0 aliphatic carbocycles. The van der Waals surface area contributed by atoms with Crippen LogP contribution in [0.1, 0.15) is 5.56 Å².